The Bertz CT molecular complexity index is 1450. The van der Waals surface area contributed by atoms with Gasteiger partial charge < -0.3 is 10.2 Å². The van der Waals surface area contributed by atoms with E-state index in [-0.39, 0.29) is 10.4 Å². The van der Waals surface area contributed by atoms with Gasteiger partial charge in [-0.1, -0.05) is 57.4 Å². The first-order chi connectivity index (χ1) is 14.2. The normalized spacial score (nSPS) is 12.4. The fourth-order valence-electron chi connectivity index (χ4n) is 3.07. The molecule has 0 amide bonds. The van der Waals surface area contributed by atoms with E-state index in [1.54, 1.807) is 54.6 Å². The number of fused-ring (bicyclic) bond motifs is 1. The van der Waals surface area contributed by atoms with Crippen molar-refractivity contribution in [1.82, 2.24) is 0 Å². The van der Waals surface area contributed by atoms with Gasteiger partial charge in [-0.3, -0.25) is 0 Å². The van der Waals surface area contributed by atoms with Crippen LogP contribution in [0.15, 0.2) is 84.9 Å². The maximum Gasteiger partial charge on any atom is 0.285 e. The fraction of sp³-hybridized carbons (Fsp3) is 0.0455. The molecule has 1 aromatic heterocycles. The maximum absolute atomic E-state index is 13.0. The zero-order valence-corrected chi connectivity index (χ0v) is 18.9. The summed E-state index contributed by atoms with van der Waals surface area (Å²) in [6.45, 7) is 1.88. The summed E-state index contributed by atoms with van der Waals surface area (Å²) in [5.74, 6) is 0. The van der Waals surface area contributed by atoms with Crippen LogP contribution in [0.3, 0.4) is 0 Å². The lowest BCUT2D eigenvalue weighted by Gasteiger charge is -2.10. The van der Waals surface area contributed by atoms with Crippen LogP contribution in [0.4, 0.5) is 5.69 Å². The number of halogens is 2. The van der Waals surface area contributed by atoms with Crippen LogP contribution in [0.2, 0.25) is 5.02 Å². The average molecular weight is 504 g/mol. The first-order valence-corrected chi connectivity index (χ1v) is 11.5. The lowest BCUT2D eigenvalue weighted by Crippen LogP contribution is -2.13. The van der Waals surface area contributed by atoms with Gasteiger partial charge in [-0.15, -0.1) is 4.40 Å². The Morgan fingerprint density at radius 2 is 1.77 bits per heavy atom. The number of nitrogens with two attached hydrogens (primary N) is 1. The quantitative estimate of drug-likeness (QED) is 0.389. The molecule has 0 radical (unpaired) electrons. The van der Waals surface area contributed by atoms with Crippen molar-refractivity contribution in [2.45, 2.75) is 11.8 Å². The Labute approximate surface area is 187 Å². The number of hydrogen-bond donors (Lipinski definition) is 1. The standard InChI is InChI=1S/C22H16BrClN2O3S/c1-13-5-8-17(9-6-13)30(27,28)26-22-20(14-3-2-4-16(24)11-14)21(25)18-12-15(23)7-10-19(18)29-22/h2-12H,25H2,1H3. The minimum Gasteiger partial charge on any atom is -0.437 e. The molecule has 4 rings (SSSR count). The molecule has 0 atom stereocenters. The number of benzene rings is 3. The molecule has 0 saturated carbocycles. The second-order valence-electron chi connectivity index (χ2n) is 6.73. The molecule has 3 aromatic carbocycles. The topological polar surface area (TPSA) is 85.7 Å². The Balaban J connectivity index is 2.08. The molecular formula is C22H16BrClN2O3S. The second kappa shape index (κ2) is 7.91. The van der Waals surface area contributed by atoms with Gasteiger partial charge in [-0.2, -0.15) is 8.42 Å². The molecular weight excluding hydrogens is 488 g/mol. The lowest BCUT2D eigenvalue weighted by atomic mass is 10.0. The highest BCUT2D eigenvalue weighted by Gasteiger charge is 2.18. The lowest BCUT2D eigenvalue weighted by molar-refractivity contribution is 0.543. The summed E-state index contributed by atoms with van der Waals surface area (Å²) >= 11 is 9.58. The number of nitrogen functional groups attached to an aromatic ring is 1. The molecule has 0 unspecified atom stereocenters. The van der Waals surface area contributed by atoms with Crippen LogP contribution in [0.5, 0.6) is 0 Å². The van der Waals surface area contributed by atoms with Gasteiger partial charge in [-0.05, 0) is 55.0 Å². The number of aryl methyl sites for hydroxylation is 1. The number of rotatable bonds is 3. The van der Waals surface area contributed by atoms with Crippen molar-refractivity contribution in [3.05, 3.63) is 87.3 Å². The molecule has 0 fully saturated rings. The van der Waals surface area contributed by atoms with Gasteiger partial charge in [0.1, 0.15) is 5.58 Å². The monoisotopic (exact) mass is 502 g/mol. The zero-order chi connectivity index (χ0) is 21.5. The number of nitrogens with zero attached hydrogens (tertiary/aromatic N) is 1. The summed E-state index contributed by atoms with van der Waals surface area (Å²) in [6, 6.07) is 18.7. The third kappa shape index (κ3) is 4.01. The molecule has 0 bridgehead atoms. The molecule has 0 aliphatic heterocycles. The van der Waals surface area contributed by atoms with Crippen LogP contribution in [-0.4, -0.2) is 8.42 Å². The first kappa shape index (κ1) is 20.7. The Kier molecular flexibility index (Phi) is 5.44. The number of hydrogen-bond acceptors (Lipinski definition) is 4. The van der Waals surface area contributed by atoms with Crippen molar-refractivity contribution in [3.8, 4) is 11.1 Å². The van der Waals surface area contributed by atoms with Crippen molar-refractivity contribution in [3.63, 3.8) is 0 Å². The first-order valence-electron chi connectivity index (χ1n) is 8.90. The van der Waals surface area contributed by atoms with Crippen molar-refractivity contribution in [2.24, 2.45) is 4.40 Å². The molecule has 0 saturated heterocycles. The SMILES string of the molecule is Cc1ccc(S(=O)(=O)N=c2oc3ccc(Br)cc3c(N)c2-c2cccc(Cl)c2)cc1. The van der Waals surface area contributed by atoms with Crippen LogP contribution < -0.4 is 11.3 Å². The second-order valence-corrected chi connectivity index (χ2v) is 9.68. The third-order valence-corrected chi connectivity index (χ3v) is 6.56. The largest absolute Gasteiger partial charge is 0.437 e. The van der Waals surface area contributed by atoms with E-state index < -0.39 is 10.0 Å². The molecule has 152 valence electrons. The maximum atomic E-state index is 13.0. The predicted molar refractivity (Wildman–Crippen MR) is 123 cm³/mol. The Morgan fingerprint density at radius 1 is 1.03 bits per heavy atom. The van der Waals surface area contributed by atoms with Crippen LogP contribution >= 0.6 is 27.5 Å². The van der Waals surface area contributed by atoms with Crippen molar-refractivity contribution in [1.29, 1.82) is 0 Å². The van der Waals surface area contributed by atoms with Gasteiger partial charge in [0, 0.05) is 14.9 Å². The van der Waals surface area contributed by atoms with Gasteiger partial charge >= 0.3 is 0 Å². The molecule has 0 spiro atoms. The summed E-state index contributed by atoms with van der Waals surface area (Å²) in [5.41, 5.74) is 9.03. The predicted octanol–water partition coefficient (Wildman–Crippen LogP) is 5.70. The molecule has 0 aliphatic carbocycles. The molecule has 0 aliphatic rings. The van der Waals surface area contributed by atoms with Crippen molar-refractivity contribution in [2.75, 3.05) is 5.73 Å². The van der Waals surface area contributed by atoms with Crippen LogP contribution in [0.1, 0.15) is 5.56 Å². The van der Waals surface area contributed by atoms with E-state index in [0.717, 1.165) is 10.0 Å². The minimum absolute atomic E-state index is 0.0646. The Morgan fingerprint density at radius 3 is 2.47 bits per heavy atom. The van der Waals surface area contributed by atoms with Crippen LogP contribution in [-0.2, 0) is 10.0 Å². The van der Waals surface area contributed by atoms with Crippen LogP contribution in [0, 0.1) is 6.92 Å². The molecule has 8 heteroatoms. The van der Waals surface area contributed by atoms with E-state index in [1.165, 1.54) is 12.1 Å². The molecule has 30 heavy (non-hydrogen) atoms. The zero-order valence-electron chi connectivity index (χ0n) is 15.8. The third-order valence-electron chi connectivity index (χ3n) is 4.56. The number of sulfonamides is 1. The van der Waals surface area contributed by atoms with Crippen molar-refractivity contribution >= 4 is 54.2 Å². The summed E-state index contributed by atoms with van der Waals surface area (Å²) in [6.07, 6.45) is 0. The summed E-state index contributed by atoms with van der Waals surface area (Å²) in [7, 11) is -4.03. The summed E-state index contributed by atoms with van der Waals surface area (Å²) < 4.78 is 36.7. The van der Waals surface area contributed by atoms with E-state index >= 15 is 0 Å². The van der Waals surface area contributed by atoms with E-state index in [1.807, 2.05) is 6.92 Å². The highest BCUT2D eigenvalue weighted by molar-refractivity contribution is 9.10. The Hall–Kier alpha value is -2.61. The van der Waals surface area contributed by atoms with Gasteiger partial charge in [0.2, 0.25) is 5.55 Å². The van der Waals surface area contributed by atoms with E-state index in [4.69, 9.17) is 21.8 Å². The van der Waals surface area contributed by atoms with Crippen LogP contribution in [0.25, 0.3) is 22.1 Å². The average Bonchev–Trinajstić information content (AvgIpc) is 2.69. The smallest absolute Gasteiger partial charge is 0.285 e. The minimum atomic E-state index is -4.03. The highest BCUT2D eigenvalue weighted by atomic mass is 79.9. The summed E-state index contributed by atoms with van der Waals surface area (Å²) in [5, 5.41) is 1.11. The van der Waals surface area contributed by atoms with E-state index in [9.17, 15) is 8.42 Å². The van der Waals surface area contributed by atoms with E-state index in [0.29, 0.717) is 32.8 Å². The number of anilines is 1. The summed E-state index contributed by atoms with van der Waals surface area (Å²) in [4.78, 5) is 0.0646. The molecule has 4 aromatic rings. The molecule has 2 N–H and O–H groups in total. The molecule has 1 heterocycles. The van der Waals surface area contributed by atoms with Gasteiger partial charge in [0.15, 0.2) is 0 Å². The van der Waals surface area contributed by atoms with Gasteiger partial charge in [0.05, 0.1) is 16.1 Å². The van der Waals surface area contributed by atoms with Gasteiger partial charge in [0.25, 0.3) is 10.0 Å². The van der Waals surface area contributed by atoms with E-state index in [2.05, 4.69) is 20.3 Å². The van der Waals surface area contributed by atoms with Crippen molar-refractivity contribution < 1.29 is 12.8 Å². The van der Waals surface area contributed by atoms with Gasteiger partial charge in [-0.25, -0.2) is 0 Å². The highest BCUT2D eigenvalue weighted by Crippen LogP contribution is 2.32. The fourth-order valence-corrected chi connectivity index (χ4v) is 4.55. The molecule has 5 nitrogen and oxygen atoms in total.